The van der Waals surface area contributed by atoms with Gasteiger partial charge in [0.2, 0.25) is 12.5 Å². The summed E-state index contributed by atoms with van der Waals surface area (Å²) in [5.74, 6) is -0.277. The van der Waals surface area contributed by atoms with Gasteiger partial charge in [-0.15, -0.1) is 0 Å². The van der Waals surface area contributed by atoms with Crippen LogP contribution in [0.5, 0.6) is 28.7 Å². The lowest BCUT2D eigenvalue weighted by Gasteiger charge is -2.47. The average molecular weight is 957 g/mol. The largest absolute Gasteiger partial charge is 0.493 e. The number of allylic oxidation sites excluding steroid dienone is 4. The van der Waals surface area contributed by atoms with Crippen LogP contribution >= 0.6 is 8.60 Å². The van der Waals surface area contributed by atoms with Crippen molar-refractivity contribution in [3.05, 3.63) is 65.3 Å². The number of hydrogen-bond acceptors (Lipinski definition) is 15. The first-order valence-electron chi connectivity index (χ1n) is 24.3. The molecule has 0 bridgehead atoms. The average Bonchev–Trinajstić information content (AvgIpc) is 3.94. The Morgan fingerprint density at radius 2 is 1.45 bits per heavy atom. The zero-order valence-electron chi connectivity index (χ0n) is 40.4. The summed E-state index contributed by atoms with van der Waals surface area (Å²) < 4.78 is 72.9. The number of cyclic esters (lactones) is 1. The van der Waals surface area contributed by atoms with Crippen LogP contribution in [-0.4, -0.2) is 99.6 Å². The maximum atomic E-state index is 13.9. The van der Waals surface area contributed by atoms with Crippen LogP contribution in [0.3, 0.4) is 0 Å². The molecule has 2 aromatic rings. The van der Waals surface area contributed by atoms with E-state index in [2.05, 4.69) is 31.2 Å². The zero-order valence-corrected chi connectivity index (χ0v) is 41.2. The van der Waals surface area contributed by atoms with Crippen molar-refractivity contribution in [2.75, 3.05) is 40.8 Å². The molecule has 0 amide bonds. The number of hydrogen-bond donors (Lipinski definition) is 2. The van der Waals surface area contributed by atoms with E-state index in [0.29, 0.717) is 52.0 Å². The first kappa shape index (κ1) is 51.4. The summed E-state index contributed by atoms with van der Waals surface area (Å²) in [7, 11) is 1.20. The molecule has 3 saturated heterocycles. The van der Waals surface area contributed by atoms with Crippen LogP contribution in [-0.2, 0) is 37.5 Å². The minimum absolute atomic E-state index is 0.0206. The van der Waals surface area contributed by atoms with Crippen LogP contribution in [0, 0.1) is 11.8 Å². The highest BCUT2D eigenvalue weighted by molar-refractivity contribution is 7.42. The number of rotatable bonds is 24. The number of unbranched alkanes of at least 4 members (excludes halogenated alkanes) is 9. The second kappa shape index (κ2) is 24.4. The molecule has 4 heterocycles. The minimum atomic E-state index is -1.89. The van der Waals surface area contributed by atoms with Gasteiger partial charge >= 0.3 is 14.6 Å². The molecule has 372 valence electrons. The SMILES string of the molecule is CCCCCC=CCC=CCCCCCCCCOP(Oc1c(OC)cc([C@@H]2c3cc4c(cc3[C@@H](O[C@@H]3O[C@@H]5CO[C@@H](C)OC5[C@H](O)[C@H]3O)[C@H]3COC(=O)[C@H]23)OCO4)cc1OC)OC(C)(C)C. The minimum Gasteiger partial charge on any atom is -0.493 e. The fourth-order valence-corrected chi connectivity index (χ4v) is 10.6. The van der Waals surface area contributed by atoms with Crippen LogP contribution in [0.1, 0.15) is 140 Å². The van der Waals surface area contributed by atoms with Gasteiger partial charge < -0.3 is 61.9 Å². The molecule has 2 unspecified atom stereocenters. The Hall–Kier alpha value is -3.50. The maximum absolute atomic E-state index is 13.9. The molecule has 0 radical (unpaired) electrons. The van der Waals surface area contributed by atoms with E-state index in [1.807, 2.05) is 45.0 Å². The van der Waals surface area contributed by atoms with Gasteiger partial charge in [0.1, 0.15) is 24.4 Å². The highest BCUT2D eigenvalue weighted by atomic mass is 31.2. The zero-order chi connectivity index (χ0) is 47.5. The Balaban J connectivity index is 1.03. The van der Waals surface area contributed by atoms with Crippen LogP contribution in [0.15, 0.2) is 48.6 Å². The molecule has 4 aliphatic heterocycles. The molecular weight excluding hydrogens is 884 g/mol. The van der Waals surface area contributed by atoms with Crippen molar-refractivity contribution in [1.29, 1.82) is 0 Å². The number of ether oxygens (including phenoxy) is 9. The molecule has 1 aliphatic carbocycles. The molecule has 0 aromatic heterocycles. The van der Waals surface area contributed by atoms with E-state index < -0.39 is 81.0 Å². The van der Waals surface area contributed by atoms with Gasteiger partial charge in [0.25, 0.3) is 0 Å². The fraction of sp³-hybridized carbons (Fsp3) is 0.667. The van der Waals surface area contributed by atoms with Gasteiger partial charge in [-0.1, -0.05) is 69.8 Å². The predicted octanol–water partition coefficient (Wildman–Crippen LogP) is 9.88. The Labute approximate surface area is 397 Å². The molecule has 2 aromatic carbocycles. The second-order valence-corrected chi connectivity index (χ2v) is 20.0. The molecule has 5 aliphatic rings. The Kier molecular flexibility index (Phi) is 18.7. The summed E-state index contributed by atoms with van der Waals surface area (Å²) >= 11 is 0. The summed E-state index contributed by atoms with van der Waals surface area (Å²) in [5, 5.41) is 22.5. The third-order valence-corrected chi connectivity index (χ3v) is 14.2. The van der Waals surface area contributed by atoms with Crippen LogP contribution in [0.2, 0.25) is 0 Å². The number of benzene rings is 2. The molecular formula is C51H73O15P. The summed E-state index contributed by atoms with van der Waals surface area (Å²) in [6.07, 6.45) is 16.1. The van der Waals surface area contributed by atoms with Crippen molar-refractivity contribution in [2.45, 2.75) is 166 Å². The van der Waals surface area contributed by atoms with E-state index in [1.165, 1.54) is 44.9 Å². The summed E-state index contributed by atoms with van der Waals surface area (Å²) in [6.45, 7) is 10.5. The van der Waals surface area contributed by atoms with E-state index in [-0.39, 0.29) is 20.0 Å². The van der Waals surface area contributed by atoms with Crippen molar-refractivity contribution in [3.63, 3.8) is 0 Å². The van der Waals surface area contributed by atoms with E-state index in [9.17, 15) is 15.0 Å². The molecule has 67 heavy (non-hydrogen) atoms. The topological polar surface area (TPSA) is 168 Å². The van der Waals surface area contributed by atoms with Crippen molar-refractivity contribution in [1.82, 2.24) is 0 Å². The highest BCUT2D eigenvalue weighted by Gasteiger charge is 2.56. The van der Waals surface area contributed by atoms with Gasteiger partial charge in [0.15, 0.2) is 35.6 Å². The standard InChI is InChI=1S/C51H73O15P/c1-8-9-10-11-12-13-14-15-16-17-18-19-20-21-22-23-24-61-67(66-51(3,4)5)65-47-39(55-6)25-33(26-40(47)56-7)42-34-27-37-38(60-31-59-37)28-35(34)46(36-29-58-49(54)43(36)42)64-50-45(53)44(52)48-41(63-50)30-57-32(2)62-48/h12-13,15-16,25-28,32,36,41-46,48,50,52-53H,8-11,14,17-24,29-31H2,1-7H3/t32-,36+,41-,42-,43+,44-,45-,46-,48?,50+,67?/m1/s1. The Bertz CT molecular complexity index is 1940. The van der Waals surface area contributed by atoms with Gasteiger partial charge in [0.05, 0.1) is 51.7 Å². The van der Waals surface area contributed by atoms with E-state index in [4.69, 9.17) is 56.2 Å². The number of aliphatic hydroxyl groups excluding tert-OH is 2. The number of methoxy groups -OCH3 is 2. The number of fused-ring (bicyclic) bond motifs is 4. The van der Waals surface area contributed by atoms with Gasteiger partial charge in [0, 0.05) is 11.8 Å². The molecule has 0 spiro atoms. The normalized spacial score (nSPS) is 28.3. The van der Waals surface area contributed by atoms with Crippen LogP contribution in [0.4, 0.5) is 0 Å². The van der Waals surface area contributed by atoms with E-state index >= 15 is 0 Å². The smallest absolute Gasteiger partial charge is 0.398 e. The Morgan fingerprint density at radius 1 is 0.791 bits per heavy atom. The van der Waals surface area contributed by atoms with Crippen molar-refractivity contribution in [2.24, 2.45) is 11.8 Å². The fourth-order valence-electron chi connectivity index (χ4n) is 9.41. The molecule has 0 saturated carbocycles. The molecule has 11 atom stereocenters. The van der Waals surface area contributed by atoms with Crippen LogP contribution < -0.4 is 23.5 Å². The first-order chi connectivity index (χ1) is 32.4. The Morgan fingerprint density at radius 3 is 2.12 bits per heavy atom. The monoisotopic (exact) mass is 956 g/mol. The van der Waals surface area contributed by atoms with E-state index in [1.54, 1.807) is 21.1 Å². The number of esters is 1. The lowest BCUT2D eigenvalue weighted by molar-refractivity contribution is -0.364. The summed E-state index contributed by atoms with van der Waals surface area (Å²) in [5.41, 5.74) is 1.51. The highest BCUT2D eigenvalue weighted by Crippen LogP contribution is 2.58. The van der Waals surface area contributed by atoms with Gasteiger partial charge in [-0.3, -0.25) is 9.32 Å². The molecule has 15 nitrogen and oxygen atoms in total. The molecule has 2 N–H and O–H groups in total. The summed E-state index contributed by atoms with van der Waals surface area (Å²) in [6, 6.07) is 7.37. The van der Waals surface area contributed by atoms with Crippen molar-refractivity contribution >= 4 is 14.6 Å². The van der Waals surface area contributed by atoms with Gasteiger partial charge in [-0.2, -0.15) is 0 Å². The second-order valence-electron chi connectivity index (χ2n) is 18.9. The third kappa shape index (κ3) is 13.0. The lowest BCUT2D eigenvalue weighted by atomic mass is 9.66. The number of carbonyl (C=O) groups excluding carboxylic acids is 1. The van der Waals surface area contributed by atoms with Crippen molar-refractivity contribution < 1.29 is 71.2 Å². The molecule has 3 fully saturated rings. The predicted molar refractivity (Wildman–Crippen MR) is 250 cm³/mol. The third-order valence-electron chi connectivity index (χ3n) is 12.8. The summed E-state index contributed by atoms with van der Waals surface area (Å²) in [4.78, 5) is 13.9. The molecule has 7 rings (SSSR count). The number of carbonyl (C=O) groups is 1. The van der Waals surface area contributed by atoms with Crippen LogP contribution in [0.25, 0.3) is 0 Å². The van der Waals surface area contributed by atoms with Gasteiger partial charge in [-0.05, 0) is 107 Å². The van der Waals surface area contributed by atoms with Gasteiger partial charge in [-0.25, -0.2) is 0 Å². The number of aliphatic hydroxyl groups is 2. The lowest BCUT2D eigenvalue weighted by Crippen LogP contribution is -2.63. The first-order valence-corrected chi connectivity index (χ1v) is 25.4. The molecule has 16 heteroatoms. The van der Waals surface area contributed by atoms with E-state index in [0.717, 1.165) is 32.1 Å². The maximum Gasteiger partial charge on any atom is 0.398 e. The quantitative estimate of drug-likeness (QED) is 0.0441. The van der Waals surface area contributed by atoms with Crippen molar-refractivity contribution in [3.8, 4) is 28.7 Å².